The number of nitrogens with zero attached hydrogens (tertiary/aromatic N) is 3. The van der Waals surface area contributed by atoms with Crippen LogP contribution in [0.4, 0.5) is 5.95 Å². The van der Waals surface area contributed by atoms with Crippen molar-refractivity contribution in [3.05, 3.63) is 29.7 Å². The molecule has 0 fully saturated rings. The van der Waals surface area contributed by atoms with Gasteiger partial charge in [0.25, 0.3) is 0 Å². The molecule has 0 amide bonds. The van der Waals surface area contributed by atoms with Gasteiger partial charge in [-0.1, -0.05) is 0 Å². The van der Waals surface area contributed by atoms with Gasteiger partial charge in [-0.15, -0.1) is 0 Å². The highest BCUT2D eigenvalue weighted by Gasteiger charge is 2.03. The van der Waals surface area contributed by atoms with E-state index in [0.717, 1.165) is 5.76 Å². The van der Waals surface area contributed by atoms with Gasteiger partial charge in [0, 0.05) is 6.07 Å². The summed E-state index contributed by atoms with van der Waals surface area (Å²) < 4.78 is 10.6. The molecule has 0 bridgehead atoms. The topological polar surface area (TPSA) is 73.1 Å². The molecule has 0 aliphatic heterocycles. The molecular weight excluding hydrogens is 244 g/mol. The zero-order valence-electron chi connectivity index (χ0n) is 9.18. The number of furan rings is 1. The van der Waals surface area contributed by atoms with Gasteiger partial charge in [0.1, 0.15) is 18.4 Å². The van der Waals surface area contributed by atoms with Crippen LogP contribution in [0, 0.1) is 0 Å². The van der Waals surface area contributed by atoms with Crippen molar-refractivity contribution in [1.82, 2.24) is 15.0 Å². The summed E-state index contributed by atoms with van der Waals surface area (Å²) in [4.78, 5) is 11.5. The van der Waals surface area contributed by atoms with Crippen molar-refractivity contribution in [2.24, 2.45) is 0 Å². The smallest absolute Gasteiger partial charge is 0.227 e. The third-order valence-corrected chi connectivity index (χ3v) is 2.09. The van der Waals surface area contributed by atoms with E-state index in [4.69, 9.17) is 20.8 Å². The Morgan fingerprint density at radius 2 is 2.35 bits per heavy atom. The average Bonchev–Trinajstić information content (AvgIpc) is 2.75. The third-order valence-electron chi connectivity index (χ3n) is 1.90. The molecule has 0 unspecified atom stereocenters. The van der Waals surface area contributed by atoms with E-state index in [1.807, 2.05) is 6.92 Å². The lowest BCUT2D eigenvalue weighted by Crippen LogP contribution is -2.03. The molecule has 6 nitrogen and oxygen atoms in total. The Morgan fingerprint density at radius 1 is 1.47 bits per heavy atom. The summed E-state index contributed by atoms with van der Waals surface area (Å²) in [7, 11) is 0. The number of hydrogen-bond acceptors (Lipinski definition) is 6. The van der Waals surface area contributed by atoms with E-state index in [2.05, 4.69) is 20.3 Å². The van der Waals surface area contributed by atoms with Gasteiger partial charge in [0.15, 0.2) is 5.75 Å². The number of rotatable bonds is 5. The second-order valence-electron chi connectivity index (χ2n) is 3.11. The normalized spacial score (nSPS) is 10.2. The molecule has 2 aromatic rings. The fourth-order valence-corrected chi connectivity index (χ4v) is 1.35. The Bertz CT molecular complexity index is 489. The molecule has 0 saturated carbocycles. The molecule has 17 heavy (non-hydrogen) atoms. The summed E-state index contributed by atoms with van der Waals surface area (Å²) in [6.07, 6.45) is 2.90. The van der Waals surface area contributed by atoms with Crippen molar-refractivity contribution in [2.75, 3.05) is 11.9 Å². The molecule has 0 aliphatic rings. The monoisotopic (exact) mass is 254 g/mol. The van der Waals surface area contributed by atoms with E-state index < -0.39 is 0 Å². The third kappa shape index (κ3) is 3.32. The lowest BCUT2D eigenvalue weighted by molar-refractivity contribution is 0.335. The van der Waals surface area contributed by atoms with Crippen LogP contribution in [-0.4, -0.2) is 21.6 Å². The van der Waals surface area contributed by atoms with Crippen molar-refractivity contribution in [2.45, 2.75) is 13.5 Å². The van der Waals surface area contributed by atoms with Crippen molar-refractivity contribution < 1.29 is 9.15 Å². The molecular formula is C10H11ClN4O2. The molecule has 2 heterocycles. The van der Waals surface area contributed by atoms with Gasteiger partial charge in [-0.2, -0.15) is 4.98 Å². The highest BCUT2D eigenvalue weighted by atomic mass is 35.5. The summed E-state index contributed by atoms with van der Waals surface area (Å²) in [6, 6.07) is 1.80. The molecule has 0 spiro atoms. The Balaban J connectivity index is 1.93. The van der Waals surface area contributed by atoms with E-state index in [1.165, 1.54) is 6.33 Å². The van der Waals surface area contributed by atoms with Crippen LogP contribution in [0.25, 0.3) is 0 Å². The highest BCUT2D eigenvalue weighted by molar-refractivity contribution is 6.28. The predicted octanol–water partition coefficient (Wildman–Crippen LogP) is 2.13. The summed E-state index contributed by atoms with van der Waals surface area (Å²) in [6.45, 7) is 2.97. The molecule has 7 heteroatoms. The molecule has 2 rings (SSSR count). The minimum absolute atomic E-state index is 0.150. The van der Waals surface area contributed by atoms with Crippen LogP contribution in [0.3, 0.4) is 0 Å². The molecule has 0 saturated heterocycles. The zero-order valence-corrected chi connectivity index (χ0v) is 9.94. The van der Waals surface area contributed by atoms with Crippen LogP contribution in [-0.2, 0) is 6.54 Å². The molecule has 1 N–H and O–H groups in total. The van der Waals surface area contributed by atoms with Gasteiger partial charge >= 0.3 is 0 Å². The number of halogens is 1. The van der Waals surface area contributed by atoms with E-state index in [-0.39, 0.29) is 5.28 Å². The van der Waals surface area contributed by atoms with Crippen LogP contribution in [0.5, 0.6) is 5.75 Å². The number of nitrogens with one attached hydrogen (secondary N) is 1. The van der Waals surface area contributed by atoms with Crippen LogP contribution < -0.4 is 10.1 Å². The average molecular weight is 255 g/mol. The van der Waals surface area contributed by atoms with Crippen molar-refractivity contribution >= 4 is 17.5 Å². The Labute approximate surface area is 103 Å². The van der Waals surface area contributed by atoms with Gasteiger partial charge in [-0.05, 0) is 18.5 Å². The standard InChI is InChI=1S/C10H11ClN4O2/c1-2-16-8-3-7(17-5-8)4-12-10-14-6-13-9(11)15-10/h3,5-6H,2,4H2,1H3,(H,12,13,14,15). The minimum Gasteiger partial charge on any atom is -0.491 e. The summed E-state index contributed by atoms with van der Waals surface area (Å²) in [5.41, 5.74) is 0. The van der Waals surface area contributed by atoms with Gasteiger partial charge in [-0.25, -0.2) is 9.97 Å². The van der Waals surface area contributed by atoms with Gasteiger partial charge in [0.2, 0.25) is 11.2 Å². The second kappa shape index (κ2) is 5.49. The van der Waals surface area contributed by atoms with Crippen LogP contribution in [0.1, 0.15) is 12.7 Å². The van der Waals surface area contributed by atoms with Crippen molar-refractivity contribution in [1.29, 1.82) is 0 Å². The molecule has 0 aromatic carbocycles. The van der Waals surface area contributed by atoms with Crippen LogP contribution in [0.15, 0.2) is 23.1 Å². The highest BCUT2D eigenvalue weighted by Crippen LogP contribution is 2.16. The number of aromatic nitrogens is 3. The van der Waals surface area contributed by atoms with Gasteiger partial charge in [-0.3, -0.25) is 0 Å². The molecule has 0 aliphatic carbocycles. The maximum absolute atomic E-state index is 5.63. The zero-order chi connectivity index (χ0) is 12.1. The Morgan fingerprint density at radius 3 is 3.12 bits per heavy atom. The fraction of sp³-hybridized carbons (Fsp3) is 0.300. The van der Waals surface area contributed by atoms with Gasteiger partial charge < -0.3 is 14.5 Å². The maximum Gasteiger partial charge on any atom is 0.227 e. The maximum atomic E-state index is 5.63. The van der Waals surface area contributed by atoms with Crippen LogP contribution in [0.2, 0.25) is 5.28 Å². The Kier molecular flexibility index (Phi) is 3.77. The predicted molar refractivity (Wildman–Crippen MR) is 62.0 cm³/mol. The number of anilines is 1. The van der Waals surface area contributed by atoms with E-state index >= 15 is 0 Å². The quantitative estimate of drug-likeness (QED) is 0.881. The molecule has 0 atom stereocenters. The summed E-state index contributed by atoms with van der Waals surface area (Å²) in [5.74, 6) is 1.84. The molecule has 90 valence electrons. The van der Waals surface area contributed by atoms with Gasteiger partial charge in [0.05, 0.1) is 13.2 Å². The number of hydrogen-bond donors (Lipinski definition) is 1. The largest absolute Gasteiger partial charge is 0.491 e. The summed E-state index contributed by atoms with van der Waals surface area (Å²) >= 11 is 5.63. The first-order chi connectivity index (χ1) is 8.28. The summed E-state index contributed by atoms with van der Waals surface area (Å²) in [5, 5.41) is 3.11. The van der Waals surface area contributed by atoms with E-state index in [1.54, 1.807) is 12.3 Å². The van der Waals surface area contributed by atoms with Crippen LogP contribution >= 0.6 is 11.6 Å². The lowest BCUT2D eigenvalue weighted by Gasteiger charge is -2.00. The Hall–Kier alpha value is -1.82. The fourth-order valence-electron chi connectivity index (χ4n) is 1.22. The first-order valence-corrected chi connectivity index (χ1v) is 5.44. The first kappa shape index (κ1) is 11.7. The number of ether oxygens (including phenoxy) is 1. The minimum atomic E-state index is 0.150. The van der Waals surface area contributed by atoms with E-state index in [9.17, 15) is 0 Å². The van der Waals surface area contributed by atoms with E-state index in [0.29, 0.717) is 24.8 Å². The first-order valence-electron chi connectivity index (χ1n) is 5.06. The van der Waals surface area contributed by atoms with Crippen molar-refractivity contribution in [3.8, 4) is 5.75 Å². The molecule has 2 aromatic heterocycles. The van der Waals surface area contributed by atoms with Crippen molar-refractivity contribution in [3.63, 3.8) is 0 Å². The lowest BCUT2D eigenvalue weighted by atomic mass is 10.4. The second-order valence-corrected chi connectivity index (χ2v) is 3.45. The SMILES string of the molecule is CCOc1coc(CNc2ncnc(Cl)n2)c1. The molecule has 0 radical (unpaired) electrons.